The number of benzene rings is 1. The molecule has 0 spiro atoms. The minimum Gasteiger partial charge on any atom is -0.478 e. The summed E-state index contributed by atoms with van der Waals surface area (Å²) in [6.45, 7) is 3.81. The van der Waals surface area contributed by atoms with Gasteiger partial charge in [0, 0.05) is 11.0 Å². The second-order valence-electron chi connectivity index (χ2n) is 3.01. The Kier molecular flexibility index (Phi) is 3.77. The molecule has 1 aromatic rings. The van der Waals surface area contributed by atoms with Crippen molar-refractivity contribution in [1.82, 2.24) is 0 Å². The van der Waals surface area contributed by atoms with Crippen LogP contribution in [0.2, 0.25) is 0 Å². The number of thioether (sulfide) groups is 1. The molecule has 2 nitrogen and oxygen atoms in total. The van der Waals surface area contributed by atoms with Crippen molar-refractivity contribution in [2.45, 2.75) is 18.7 Å². The van der Waals surface area contributed by atoms with Crippen LogP contribution in [0, 0.1) is 6.92 Å². The van der Waals surface area contributed by atoms with Crippen molar-refractivity contribution < 1.29 is 9.90 Å². The first kappa shape index (κ1) is 10.9. The van der Waals surface area contributed by atoms with E-state index < -0.39 is 5.97 Å². The maximum absolute atomic E-state index is 10.4. The Balaban J connectivity index is 2.74. The Morgan fingerprint density at radius 1 is 1.50 bits per heavy atom. The maximum Gasteiger partial charge on any atom is 0.329 e. The Bertz CT molecular complexity index is 369. The Hall–Kier alpha value is -1.22. The molecule has 0 radical (unpaired) electrons. The van der Waals surface area contributed by atoms with E-state index in [2.05, 4.69) is 0 Å². The van der Waals surface area contributed by atoms with E-state index in [1.165, 1.54) is 23.4 Å². The number of allylic oxidation sites excluding steroid dienone is 1. The quantitative estimate of drug-likeness (QED) is 0.612. The van der Waals surface area contributed by atoms with Crippen molar-refractivity contribution in [2.24, 2.45) is 0 Å². The number of hydrogen-bond acceptors (Lipinski definition) is 2. The van der Waals surface area contributed by atoms with Crippen molar-refractivity contribution in [3.8, 4) is 0 Å². The van der Waals surface area contributed by atoms with Gasteiger partial charge in [-0.15, -0.1) is 0 Å². The topological polar surface area (TPSA) is 37.3 Å². The molecule has 0 amide bonds. The van der Waals surface area contributed by atoms with Crippen molar-refractivity contribution in [3.63, 3.8) is 0 Å². The number of hydrogen-bond donors (Lipinski definition) is 1. The molecule has 0 bridgehead atoms. The third-order valence-corrected chi connectivity index (χ3v) is 2.52. The van der Waals surface area contributed by atoms with E-state index in [4.69, 9.17) is 5.11 Å². The van der Waals surface area contributed by atoms with Crippen LogP contribution in [0.25, 0.3) is 0 Å². The molecule has 0 saturated carbocycles. The van der Waals surface area contributed by atoms with Crippen LogP contribution < -0.4 is 0 Å². The number of rotatable bonds is 3. The van der Waals surface area contributed by atoms with Crippen molar-refractivity contribution >= 4 is 17.7 Å². The van der Waals surface area contributed by atoms with E-state index >= 15 is 0 Å². The molecule has 0 atom stereocenters. The largest absolute Gasteiger partial charge is 0.478 e. The van der Waals surface area contributed by atoms with Gasteiger partial charge >= 0.3 is 5.97 Å². The van der Waals surface area contributed by atoms with Crippen molar-refractivity contribution in [2.75, 3.05) is 0 Å². The average Bonchev–Trinajstić information content (AvgIpc) is 2.01. The first-order valence-corrected chi connectivity index (χ1v) is 5.05. The third kappa shape index (κ3) is 3.66. The molecule has 1 N–H and O–H groups in total. The molecule has 3 heteroatoms. The summed E-state index contributed by atoms with van der Waals surface area (Å²) < 4.78 is 0. The van der Waals surface area contributed by atoms with E-state index in [0.29, 0.717) is 0 Å². The molecule has 74 valence electrons. The van der Waals surface area contributed by atoms with Gasteiger partial charge in [-0.2, -0.15) is 0 Å². The molecule has 14 heavy (non-hydrogen) atoms. The van der Waals surface area contributed by atoms with Gasteiger partial charge in [0.2, 0.25) is 0 Å². The lowest BCUT2D eigenvalue weighted by Gasteiger charge is -2.01. The normalized spacial score (nSPS) is 11.4. The standard InChI is InChI=1S/C11H12O2S/c1-8-4-3-5-10(6-8)14-9(2)7-11(12)13/h3-7H,1-2H3,(H,12,13)/b9-7+. The first-order chi connectivity index (χ1) is 6.58. The van der Waals surface area contributed by atoms with Crippen LogP contribution in [0.4, 0.5) is 0 Å². The van der Waals surface area contributed by atoms with Crippen molar-refractivity contribution in [3.05, 3.63) is 40.8 Å². The second-order valence-corrected chi connectivity index (χ2v) is 4.33. The summed E-state index contributed by atoms with van der Waals surface area (Å²) in [6, 6.07) is 7.98. The molecular formula is C11H12O2S. The Labute approximate surface area is 87.6 Å². The lowest BCUT2D eigenvalue weighted by atomic mass is 10.2. The lowest BCUT2D eigenvalue weighted by Crippen LogP contribution is -1.87. The van der Waals surface area contributed by atoms with Crippen LogP contribution in [0.1, 0.15) is 12.5 Å². The average molecular weight is 208 g/mol. The summed E-state index contributed by atoms with van der Waals surface area (Å²) in [7, 11) is 0. The fourth-order valence-corrected chi connectivity index (χ4v) is 1.99. The van der Waals surface area contributed by atoms with Crippen LogP contribution >= 0.6 is 11.8 Å². The first-order valence-electron chi connectivity index (χ1n) is 4.23. The molecule has 1 aromatic carbocycles. The van der Waals surface area contributed by atoms with Crippen molar-refractivity contribution in [1.29, 1.82) is 0 Å². The predicted octanol–water partition coefficient (Wildman–Crippen LogP) is 3.08. The number of aryl methyl sites for hydroxylation is 1. The minimum absolute atomic E-state index is 0.781. The molecule has 0 aliphatic carbocycles. The van der Waals surface area contributed by atoms with Gasteiger partial charge in [0.1, 0.15) is 0 Å². The molecule has 0 fully saturated rings. The highest BCUT2D eigenvalue weighted by atomic mass is 32.2. The van der Waals surface area contributed by atoms with Gasteiger partial charge in [0.25, 0.3) is 0 Å². The third-order valence-electron chi connectivity index (χ3n) is 1.60. The van der Waals surface area contributed by atoms with Crippen LogP contribution in [-0.2, 0) is 4.79 Å². The van der Waals surface area contributed by atoms with Gasteiger partial charge in [0.15, 0.2) is 0 Å². The van der Waals surface area contributed by atoms with Gasteiger partial charge in [0.05, 0.1) is 0 Å². The van der Waals surface area contributed by atoms with Gasteiger partial charge in [-0.3, -0.25) is 0 Å². The highest BCUT2D eigenvalue weighted by Crippen LogP contribution is 2.26. The molecule has 0 unspecified atom stereocenters. The summed E-state index contributed by atoms with van der Waals surface area (Å²) in [4.78, 5) is 12.2. The number of carbonyl (C=O) groups is 1. The number of aliphatic carboxylic acids is 1. The Morgan fingerprint density at radius 2 is 2.21 bits per heavy atom. The predicted molar refractivity (Wildman–Crippen MR) is 58.4 cm³/mol. The van der Waals surface area contributed by atoms with Gasteiger partial charge in [-0.1, -0.05) is 29.5 Å². The Morgan fingerprint density at radius 3 is 2.79 bits per heavy atom. The monoisotopic (exact) mass is 208 g/mol. The smallest absolute Gasteiger partial charge is 0.329 e. The fourth-order valence-electron chi connectivity index (χ4n) is 1.07. The van der Waals surface area contributed by atoms with E-state index in [0.717, 1.165) is 9.80 Å². The maximum atomic E-state index is 10.4. The number of carboxylic acids is 1. The molecule has 1 rings (SSSR count). The fraction of sp³-hybridized carbons (Fsp3) is 0.182. The van der Waals surface area contributed by atoms with Crippen LogP contribution in [0.15, 0.2) is 40.1 Å². The zero-order chi connectivity index (χ0) is 10.6. The summed E-state index contributed by atoms with van der Waals surface area (Å²) in [5, 5.41) is 8.53. The number of carboxylic acid groups (broad SMARTS) is 1. The SMILES string of the molecule is C/C(=C\C(=O)O)Sc1cccc(C)c1. The molecule has 0 heterocycles. The van der Waals surface area contributed by atoms with Gasteiger partial charge in [-0.05, 0) is 30.9 Å². The van der Waals surface area contributed by atoms with E-state index in [1.54, 1.807) is 6.92 Å². The minimum atomic E-state index is -0.900. The van der Waals surface area contributed by atoms with Gasteiger partial charge < -0.3 is 5.11 Å². The summed E-state index contributed by atoms with van der Waals surface area (Å²) in [5.74, 6) is -0.900. The van der Waals surface area contributed by atoms with E-state index in [9.17, 15) is 4.79 Å². The second kappa shape index (κ2) is 4.86. The zero-order valence-electron chi connectivity index (χ0n) is 8.15. The molecular weight excluding hydrogens is 196 g/mol. The zero-order valence-corrected chi connectivity index (χ0v) is 8.97. The van der Waals surface area contributed by atoms with E-state index in [-0.39, 0.29) is 0 Å². The highest BCUT2D eigenvalue weighted by Gasteiger charge is 1.98. The molecule has 0 saturated heterocycles. The summed E-state index contributed by atoms with van der Waals surface area (Å²) in [5.41, 5.74) is 1.18. The van der Waals surface area contributed by atoms with Gasteiger partial charge in [-0.25, -0.2) is 4.79 Å². The van der Waals surface area contributed by atoms with Crippen LogP contribution in [0.3, 0.4) is 0 Å². The molecule has 0 aliphatic heterocycles. The van der Waals surface area contributed by atoms with Crippen LogP contribution in [-0.4, -0.2) is 11.1 Å². The summed E-state index contributed by atoms with van der Waals surface area (Å²) >= 11 is 1.47. The highest BCUT2D eigenvalue weighted by molar-refractivity contribution is 8.03. The summed E-state index contributed by atoms with van der Waals surface area (Å²) in [6.07, 6.45) is 1.22. The van der Waals surface area contributed by atoms with Crippen LogP contribution in [0.5, 0.6) is 0 Å². The van der Waals surface area contributed by atoms with E-state index in [1.807, 2.05) is 31.2 Å². The lowest BCUT2D eigenvalue weighted by molar-refractivity contribution is -0.131. The molecule has 0 aromatic heterocycles. The molecule has 0 aliphatic rings.